The van der Waals surface area contributed by atoms with E-state index in [0.29, 0.717) is 24.7 Å². The highest BCUT2D eigenvalue weighted by atomic mass is 32.2. The number of likely N-dealkylation sites (N-methyl/N-ethyl adjacent to an activating group) is 1. The molecule has 2 aromatic rings. The molecule has 0 N–H and O–H groups in total. The fourth-order valence-corrected chi connectivity index (χ4v) is 6.40. The highest BCUT2D eigenvalue weighted by molar-refractivity contribution is 7.92. The molecule has 1 fully saturated rings. The minimum atomic E-state index is -3.71. The molecule has 3 aliphatic heterocycles. The van der Waals surface area contributed by atoms with Crippen LogP contribution in [0.3, 0.4) is 0 Å². The van der Waals surface area contributed by atoms with Gasteiger partial charge in [0.05, 0.1) is 16.6 Å². The minimum absolute atomic E-state index is 0.0498. The van der Waals surface area contributed by atoms with Crippen LogP contribution in [0.1, 0.15) is 23.5 Å². The molecule has 3 aliphatic rings. The van der Waals surface area contributed by atoms with E-state index in [9.17, 15) is 8.42 Å². The first-order valence-corrected chi connectivity index (χ1v) is 11.1. The van der Waals surface area contributed by atoms with E-state index in [1.807, 2.05) is 12.1 Å². The first-order valence-electron chi connectivity index (χ1n) is 9.68. The van der Waals surface area contributed by atoms with Crippen molar-refractivity contribution in [3.8, 4) is 11.5 Å². The molecule has 0 radical (unpaired) electrons. The zero-order chi connectivity index (χ0) is 19.5. The molecule has 0 unspecified atom stereocenters. The zero-order valence-corrected chi connectivity index (χ0v) is 16.9. The average Bonchev–Trinajstić information content (AvgIpc) is 3.01. The van der Waals surface area contributed by atoms with Gasteiger partial charge in [0, 0.05) is 18.5 Å². The summed E-state index contributed by atoms with van der Waals surface area (Å²) < 4.78 is 40.3. The maximum absolute atomic E-state index is 13.7. The molecular formula is C21H24N2O4S. The highest BCUT2D eigenvalue weighted by Gasteiger charge is 2.46. The molecule has 7 heteroatoms. The van der Waals surface area contributed by atoms with E-state index >= 15 is 0 Å². The Hall–Kier alpha value is -2.25. The average molecular weight is 401 g/mol. The van der Waals surface area contributed by atoms with Crippen LogP contribution in [0.5, 0.6) is 11.5 Å². The van der Waals surface area contributed by atoms with Crippen LogP contribution in [0.2, 0.25) is 0 Å². The standard InChI is InChI=1S/C21H24N2O4S/c1-14-3-5-18-16(11-14)17-13-22(2)8-7-19(17)23(18)28(24,25)15-4-6-20-21(12-15)27-10-9-26-20/h3-6,11-12,17,19H,7-10,13H2,1-2H3/t17-,19+/m1/s1. The number of likely N-dealkylation sites (tertiary alicyclic amines) is 1. The molecule has 2 atom stereocenters. The molecule has 0 bridgehead atoms. The summed E-state index contributed by atoms with van der Waals surface area (Å²) in [5, 5.41) is 0. The van der Waals surface area contributed by atoms with Gasteiger partial charge in [-0.25, -0.2) is 8.42 Å². The molecule has 5 rings (SSSR count). The summed E-state index contributed by atoms with van der Waals surface area (Å²) in [6.45, 7) is 4.73. The van der Waals surface area contributed by atoms with Crippen LogP contribution in [-0.4, -0.2) is 52.7 Å². The molecule has 0 aromatic heterocycles. The number of fused-ring (bicyclic) bond motifs is 4. The topological polar surface area (TPSA) is 59.1 Å². The Bertz CT molecular complexity index is 1040. The van der Waals surface area contributed by atoms with Crippen LogP contribution in [0.15, 0.2) is 41.3 Å². The van der Waals surface area contributed by atoms with E-state index < -0.39 is 10.0 Å². The molecule has 0 aliphatic carbocycles. The quantitative estimate of drug-likeness (QED) is 0.776. The molecule has 1 saturated heterocycles. The second-order valence-corrected chi connectivity index (χ2v) is 9.71. The summed E-state index contributed by atoms with van der Waals surface area (Å²) in [6.07, 6.45) is 0.818. The van der Waals surface area contributed by atoms with E-state index in [1.54, 1.807) is 22.5 Å². The van der Waals surface area contributed by atoms with Gasteiger partial charge < -0.3 is 14.4 Å². The fourth-order valence-electron chi connectivity index (χ4n) is 4.64. The van der Waals surface area contributed by atoms with Gasteiger partial charge in [-0.2, -0.15) is 0 Å². The largest absolute Gasteiger partial charge is 0.486 e. The lowest BCUT2D eigenvalue weighted by molar-refractivity contribution is 0.171. The lowest BCUT2D eigenvalue weighted by Gasteiger charge is -2.36. The van der Waals surface area contributed by atoms with Gasteiger partial charge in [-0.3, -0.25) is 4.31 Å². The third-order valence-electron chi connectivity index (χ3n) is 5.97. The van der Waals surface area contributed by atoms with Gasteiger partial charge in [-0.1, -0.05) is 17.7 Å². The van der Waals surface area contributed by atoms with Gasteiger partial charge in [0.1, 0.15) is 13.2 Å². The van der Waals surface area contributed by atoms with Crippen LogP contribution < -0.4 is 13.8 Å². The van der Waals surface area contributed by atoms with Crippen molar-refractivity contribution in [2.45, 2.75) is 30.2 Å². The number of sulfonamides is 1. The summed E-state index contributed by atoms with van der Waals surface area (Å²) in [5.74, 6) is 1.29. The molecule has 2 aromatic carbocycles. The van der Waals surface area contributed by atoms with Crippen molar-refractivity contribution in [1.82, 2.24) is 4.90 Å². The number of hydrogen-bond acceptors (Lipinski definition) is 5. The Balaban J connectivity index is 1.61. The third kappa shape index (κ3) is 2.68. The summed E-state index contributed by atoms with van der Waals surface area (Å²) in [5.41, 5.74) is 3.10. The first-order chi connectivity index (χ1) is 13.4. The van der Waals surface area contributed by atoms with Crippen molar-refractivity contribution < 1.29 is 17.9 Å². The number of nitrogens with zero attached hydrogens (tertiary/aromatic N) is 2. The highest BCUT2D eigenvalue weighted by Crippen LogP contribution is 2.48. The Labute approximate surface area is 165 Å². The summed E-state index contributed by atoms with van der Waals surface area (Å²) in [7, 11) is -1.61. The predicted octanol–water partition coefficient (Wildman–Crippen LogP) is 2.76. The number of anilines is 1. The molecule has 3 heterocycles. The lowest BCUT2D eigenvalue weighted by Crippen LogP contribution is -2.47. The van der Waals surface area contributed by atoms with Crippen LogP contribution in [0.25, 0.3) is 0 Å². The van der Waals surface area contributed by atoms with Crippen molar-refractivity contribution in [2.24, 2.45) is 0 Å². The van der Waals surface area contributed by atoms with Gasteiger partial charge in [0.2, 0.25) is 0 Å². The van der Waals surface area contributed by atoms with Crippen molar-refractivity contribution in [3.05, 3.63) is 47.5 Å². The van der Waals surface area contributed by atoms with Gasteiger partial charge >= 0.3 is 0 Å². The second-order valence-electron chi connectivity index (χ2n) is 7.89. The molecule has 0 spiro atoms. The second kappa shape index (κ2) is 6.39. The minimum Gasteiger partial charge on any atom is -0.486 e. The van der Waals surface area contributed by atoms with E-state index in [1.165, 1.54) is 0 Å². The Kier molecular flexibility index (Phi) is 4.07. The summed E-state index contributed by atoms with van der Waals surface area (Å²) >= 11 is 0. The smallest absolute Gasteiger partial charge is 0.264 e. The van der Waals surface area contributed by atoms with Gasteiger partial charge in [0.15, 0.2) is 11.5 Å². The Morgan fingerprint density at radius 1 is 1.04 bits per heavy atom. The molecular weight excluding hydrogens is 376 g/mol. The maximum atomic E-state index is 13.7. The normalized spacial score (nSPS) is 24.0. The van der Waals surface area contributed by atoms with Gasteiger partial charge in [0.25, 0.3) is 10.0 Å². The van der Waals surface area contributed by atoms with E-state index in [2.05, 4.69) is 24.9 Å². The molecule has 28 heavy (non-hydrogen) atoms. The maximum Gasteiger partial charge on any atom is 0.264 e. The van der Waals surface area contributed by atoms with Crippen molar-refractivity contribution in [1.29, 1.82) is 0 Å². The number of piperidine rings is 1. The SMILES string of the molecule is Cc1ccc2c(c1)[C@H]1CN(C)CC[C@@H]1N2S(=O)(=O)c1ccc2c(c1)OCCO2. The number of hydrogen-bond donors (Lipinski definition) is 0. The Morgan fingerprint density at radius 2 is 1.82 bits per heavy atom. The van der Waals surface area contributed by atoms with Crippen LogP contribution >= 0.6 is 0 Å². The monoisotopic (exact) mass is 400 g/mol. The predicted molar refractivity (Wildman–Crippen MR) is 107 cm³/mol. The van der Waals surface area contributed by atoms with E-state index in [0.717, 1.165) is 36.3 Å². The van der Waals surface area contributed by atoms with Gasteiger partial charge in [-0.15, -0.1) is 0 Å². The van der Waals surface area contributed by atoms with Crippen molar-refractivity contribution >= 4 is 15.7 Å². The van der Waals surface area contributed by atoms with Crippen molar-refractivity contribution in [2.75, 3.05) is 37.7 Å². The van der Waals surface area contributed by atoms with Crippen LogP contribution in [0.4, 0.5) is 5.69 Å². The first kappa shape index (κ1) is 17.8. The molecule has 0 saturated carbocycles. The summed E-state index contributed by atoms with van der Waals surface area (Å²) in [4.78, 5) is 2.54. The number of ether oxygens (including phenoxy) is 2. The molecule has 0 amide bonds. The molecule has 148 valence electrons. The summed E-state index contributed by atoms with van der Waals surface area (Å²) in [6, 6.07) is 11.0. The lowest BCUT2D eigenvalue weighted by atomic mass is 9.89. The number of benzene rings is 2. The van der Waals surface area contributed by atoms with E-state index in [-0.39, 0.29) is 16.9 Å². The fraction of sp³-hybridized carbons (Fsp3) is 0.429. The van der Waals surface area contributed by atoms with E-state index in [4.69, 9.17) is 9.47 Å². The number of rotatable bonds is 2. The van der Waals surface area contributed by atoms with Crippen molar-refractivity contribution in [3.63, 3.8) is 0 Å². The number of aryl methyl sites for hydroxylation is 1. The van der Waals surface area contributed by atoms with Crippen LogP contribution in [0, 0.1) is 6.92 Å². The van der Waals surface area contributed by atoms with Gasteiger partial charge in [-0.05, 0) is 50.7 Å². The molecule has 6 nitrogen and oxygen atoms in total. The van der Waals surface area contributed by atoms with Crippen LogP contribution in [-0.2, 0) is 10.0 Å². The zero-order valence-electron chi connectivity index (χ0n) is 16.1. The third-order valence-corrected chi connectivity index (χ3v) is 7.81. The Morgan fingerprint density at radius 3 is 2.64 bits per heavy atom.